The molecule has 0 aliphatic heterocycles. The van der Waals surface area contributed by atoms with Gasteiger partial charge in [-0.3, -0.25) is 4.79 Å². The molecule has 5 rings (SSSR count). The Hall–Kier alpha value is -2.93. The van der Waals surface area contributed by atoms with Crippen molar-refractivity contribution >= 4 is 43.1 Å². The molecule has 0 aliphatic carbocycles. The molecular formula is C21H12O. The Bertz CT molecular complexity index is 1230. The van der Waals surface area contributed by atoms with Crippen molar-refractivity contribution in [3.05, 3.63) is 83.0 Å². The molecule has 0 aliphatic rings. The fraction of sp³-hybridized carbons (Fsp3) is 0. The molecule has 0 heterocycles. The second-order valence-corrected chi connectivity index (χ2v) is 5.78. The predicted octanol–water partition coefficient (Wildman–Crippen LogP) is 5.10. The molecule has 0 fully saturated rings. The van der Waals surface area contributed by atoms with Crippen molar-refractivity contribution in [3.63, 3.8) is 0 Å². The second kappa shape index (κ2) is 4.05. The molecule has 22 heavy (non-hydrogen) atoms. The van der Waals surface area contributed by atoms with E-state index in [9.17, 15) is 4.79 Å². The molecule has 1 heteroatoms. The maximum atomic E-state index is 12.0. The summed E-state index contributed by atoms with van der Waals surface area (Å²) in [6, 6.07) is 24.6. The first-order chi connectivity index (χ1) is 10.8. The molecule has 0 N–H and O–H groups in total. The summed E-state index contributed by atoms with van der Waals surface area (Å²) < 4.78 is 0. The van der Waals surface area contributed by atoms with E-state index < -0.39 is 0 Å². The zero-order valence-electron chi connectivity index (χ0n) is 11.8. The Morgan fingerprint density at radius 3 is 2.00 bits per heavy atom. The second-order valence-electron chi connectivity index (χ2n) is 5.78. The van der Waals surface area contributed by atoms with Crippen LogP contribution in [0.1, 0.15) is 0 Å². The van der Waals surface area contributed by atoms with Crippen molar-refractivity contribution in [1.29, 1.82) is 0 Å². The van der Waals surface area contributed by atoms with Crippen LogP contribution in [-0.2, 0) is 0 Å². The van der Waals surface area contributed by atoms with Crippen LogP contribution in [0.25, 0.3) is 43.1 Å². The minimum atomic E-state index is 0.0882. The lowest BCUT2D eigenvalue weighted by atomic mass is 10.0. The molecule has 0 saturated carbocycles. The van der Waals surface area contributed by atoms with E-state index in [1.54, 1.807) is 12.1 Å². The Morgan fingerprint density at radius 1 is 0.500 bits per heavy atom. The van der Waals surface area contributed by atoms with Gasteiger partial charge < -0.3 is 0 Å². The summed E-state index contributed by atoms with van der Waals surface area (Å²) in [7, 11) is 0. The summed E-state index contributed by atoms with van der Waals surface area (Å²) in [5.41, 5.74) is 0.0882. The van der Waals surface area contributed by atoms with E-state index in [4.69, 9.17) is 0 Å². The molecule has 0 bridgehead atoms. The van der Waals surface area contributed by atoms with E-state index in [2.05, 4.69) is 48.5 Å². The quantitative estimate of drug-likeness (QED) is 0.386. The monoisotopic (exact) mass is 280 g/mol. The van der Waals surface area contributed by atoms with Crippen molar-refractivity contribution in [1.82, 2.24) is 0 Å². The molecule has 102 valence electrons. The van der Waals surface area contributed by atoms with Crippen molar-refractivity contribution < 1.29 is 0 Å². The molecule has 0 unspecified atom stereocenters. The first-order valence-corrected chi connectivity index (χ1v) is 7.42. The fourth-order valence-corrected chi connectivity index (χ4v) is 3.66. The average molecular weight is 280 g/mol. The van der Waals surface area contributed by atoms with Crippen LogP contribution in [0.15, 0.2) is 77.6 Å². The van der Waals surface area contributed by atoms with E-state index in [0.717, 1.165) is 10.8 Å². The summed E-state index contributed by atoms with van der Waals surface area (Å²) in [6.45, 7) is 0. The van der Waals surface area contributed by atoms with Gasteiger partial charge in [0.15, 0.2) is 5.43 Å². The Morgan fingerprint density at radius 2 is 1.14 bits per heavy atom. The Balaban J connectivity index is 2.23. The standard InChI is InChI=1S/C21H12O/c22-14-11-18-16-8-5-9-17(16)19-10-13-6-3-1-2-4-7-15(13)21(19)20(18)12-14/h1-12H. The van der Waals surface area contributed by atoms with Gasteiger partial charge in [-0.15, -0.1) is 0 Å². The number of hydrogen-bond acceptors (Lipinski definition) is 1. The Kier molecular flexibility index (Phi) is 2.15. The van der Waals surface area contributed by atoms with Crippen molar-refractivity contribution in [2.75, 3.05) is 0 Å². The van der Waals surface area contributed by atoms with Crippen LogP contribution in [0, 0.1) is 0 Å². The topological polar surface area (TPSA) is 17.1 Å². The minimum Gasteiger partial charge on any atom is -0.290 e. The van der Waals surface area contributed by atoms with Gasteiger partial charge in [-0.25, -0.2) is 0 Å². The van der Waals surface area contributed by atoms with Crippen molar-refractivity contribution in [3.8, 4) is 0 Å². The smallest absolute Gasteiger partial charge is 0.179 e. The van der Waals surface area contributed by atoms with E-state index in [1.807, 2.05) is 12.1 Å². The zero-order chi connectivity index (χ0) is 14.7. The summed E-state index contributed by atoms with van der Waals surface area (Å²) in [6.07, 6.45) is 0. The normalized spacial score (nSPS) is 11.8. The number of rotatable bonds is 0. The van der Waals surface area contributed by atoms with Crippen LogP contribution >= 0.6 is 0 Å². The highest BCUT2D eigenvalue weighted by Gasteiger charge is 2.14. The fourth-order valence-electron chi connectivity index (χ4n) is 3.66. The highest BCUT2D eigenvalue weighted by Crippen LogP contribution is 2.40. The number of fused-ring (bicyclic) bond motifs is 8. The van der Waals surface area contributed by atoms with Crippen molar-refractivity contribution in [2.24, 2.45) is 0 Å². The van der Waals surface area contributed by atoms with E-state index in [0.29, 0.717) is 0 Å². The van der Waals surface area contributed by atoms with Crippen LogP contribution in [0.4, 0.5) is 0 Å². The SMILES string of the molecule is O=c1cc2c3cccc3c3cc4ccccccc4c3c2c1. The van der Waals surface area contributed by atoms with E-state index in [1.165, 1.54) is 32.3 Å². The summed E-state index contributed by atoms with van der Waals surface area (Å²) >= 11 is 0. The van der Waals surface area contributed by atoms with Gasteiger partial charge in [0.1, 0.15) is 0 Å². The first-order valence-electron chi connectivity index (χ1n) is 7.42. The predicted molar refractivity (Wildman–Crippen MR) is 93.9 cm³/mol. The van der Waals surface area contributed by atoms with Crippen LogP contribution in [0.2, 0.25) is 0 Å². The van der Waals surface area contributed by atoms with E-state index in [-0.39, 0.29) is 5.43 Å². The van der Waals surface area contributed by atoms with Crippen LogP contribution in [-0.4, -0.2) is 0 Å². The molecule has 0 atom stereocenters. The largest absolute Gasteiger partial charge is 0.290 e. The first kappa shape index (κ1) is 11.7. The summed E-state index contributed by atoms with van der Waals surface area (Å²) in [4.78, 5) is 12.0. The zero-order valence-corrected chi connectivity index (χ0v) is 11.8. The van der Waals surface area contributed by atoms with Gasteiger partial charge in [0, 0.05) is 0 Å². The maximum absolute atomic E-state index is 12.0. The highest BCUT2D eigenvalue weighted by molar-refractivity contribution is 6.33. The van der Waals surface area contributed by atoms with Crippen molar-refractivity contribution in [2.45, 2.75) is 0 Å². The molecule has 0 amide bonds. The van der Waals surface area contributed by atoms with Gasteiger partial charge in [-0.05, 0) is 61.3 Å². The van der Waals surface area contributed by atoms with E-state index >= 15 is 0 Å². The van der Waals surface area contributed by atoms with Gasteiger partial charge in [-0.2, -0.15) is 0 Å². The third kappa shape index (κ3) is 1.40. The van der Waals surface area contributed by atoms with Crippen LogP contribution < -0.4 is 5.43 Å². The maximum Gasteiger partial charge on any atom is 0.179 e. The van der Waals surface area contributed by atoms with Gasteiger partial charge in [0.05, 0.1) is 0 Å². The molecule has 5 aromatic carbocycles. The van der Waals surface area contributed by atoms with Crippen LogP contribution in [0.5, 0.6) is 0 Å². The van der Waals surface area contributed by atoms with Gasteiger partial charge in [0.2, 0.25) is 0 Å². The average Bonchev–Trinajstić information content (AvgIpc) is 3.14. The summed E-state index contributed by atoms with van der Waals surface area (Å²) in [5.74, 6) is 0. The number of benzene rings is 1. The third-order valence-corrected chi connectivity index (χ3v) is 4.55. The van der Waals surface area contributed by atoms with Gasteiger partial charge in [-0.1, -0.05) is 54.6 Å². The minimum absolute atomic E-state index is 0.0882. The molecule has 5 aromatic rings. The van der Waals surface area contributed by atoms with Crippen LogP contribution in [0.3, 0.4) is 0 Å². The Labute approximate surface area is 126 Å². The van der Waals surface area contributed by atoms with Gasteiger partial charge in [0.25, 0.3) is 0 Å². The molecule has 1 nitrogen and oxygen atoms in total. The lowest BCUT2D eigenvalue weighted by Gasteiger charge is -2.00. The molecule has 0 saturated heterocycles. The summed E-state index contributed by atoms with van der Waals surface area (Å²) in [5, 5.41) is 9.39. The molecule has 0 aromatic heterocycles. The molecule has 0 spiro atoms. The highest BCUT2D eigenvalue weighted by atomic mass is 16.1. The molecular weight excluding hydrogens is 268 g/mol. The number of hydrogen-bond donors (Lipinski definition) is 0. The lowest BCUT2D eigenvalue weighted by Crippen LogP contribution is -1.84. The lowest BCUT2D eigenvalue weighted by molar-refractivity contribution is 1.78. The van der Waals surface area contributed by atoms with Gasteiger partial charge >= 0.3 is 0 Å². The molecule has 0 radical (unpaired) electrons. The third-order valence-electron chi connectivity index (χ3n) is 4.55.